The minimum absolute atomic E-state index is 0.123. The molecule has 3 aromatic carbocycles. The Kier molecular flexibility index (Phi) is 9.14. The number of alkyl carbamates (subject to hydrolysis) is 1. The molecule has 0 saturated carbocycles. The zero-order valence-corrected chi connectivity index (χ0v) is 25.1. The maximum Gasteiger partial charge on any atom is 0.408 e. The van der Waals surface area contributed by atoms with Gasteiger partial charge in [-0.25, -0.2) is 4.79 Å². The van der Waals surface area contributed by atoms with E-state index < -0.39 is 29.7 Å². The molecule has 0 unspecified atom stereocenters. The van der Waals surface area contributed by atoms with E-state index in [1.807, 2.05) is 83.9 Å². The van der Waals surface area contributed by atoms with E-state index in [0.29, 0.717) is 25.9 Å². The molecule has 224 valence electrons. The number of ether oxygens (including phenoxy) is 1. The van der Waals surface area contributed by atoms with Crippen molar-refractivity contribution in [3.05, 3.63) is 107 Å². The number of carbonyl (C=O) groups excluding carboxylic acids is 3. The number of aryl methyl sites for hydroxylation is 1. The molecular weight excluding hydrogens is 540 g/mol. The molecule has 2 atom stereocenters. The third-order valence-corrected chi connectivity index (χ3v) is 7.73. The van der Waals surface area contributed by atoms with Crippen LogP contribution in [0.25, 0.3) is 10.9 Å². The molecule has 3 N–H and O–H groups in total. The Morgan fingerprint density at radius 3 is 2.35 bits per heavy atom. The summed E-state index contributed by atoms with van der Waals surface area (Å²) >= 11 is 0. The Labute approximate surface area is 252 Å². The molecule has 2 heterocycles. The molecule has 1 aliphatic rings. The number of H-pyrrole nitrogens is 1. The molecular formula is C35H40N4O4. The van der Waals surface area contributed by atoms with Gasteiger partial charge in [0.15, 0.2) is 0 Å². The van der Waals surface area contributed by atoms with Crippen molar-refractivity contribution in [3.8, 4) is 0 Å². The van der Waals surface area contributed by atoms with E-state index in [0.717, 1.165) is 34.0 Å². The molecule has 0 fully saturated rings. The van der Waals surface area contributed by atoms with E-state index in [-0.39, 0.29) is 12.3 Å². The molecule has 1 aromatic heterocycles. The Morgan fingerprint density at radius 2 is 1.58 bits per heavy atom. The first-order valence-corrected chi connectivity index (χ1v) is 14.9. The molecule has 0 radical (unpaired) electrons. The SMILES string of the molecule is CC(C)(C)OC(=O)N[C@@H](Cc1c[nH]c2ccccc12)C(=O)N[C@H](CCc1ccccc1)C(=O)N1CCc2ccccc2C1. The summed E-state index contributed by atoms with van der Waals surface area (Å²) in [5.41, 5.74) is 4.54. The smallest absolute Gasteiger partial charge is 0.408 e. The quantitative estimate of drug-likeness (QED) is 0.250. The summed E-state index contributed by atoms with van der Waals surface area (Å²) in [6.45, 7) is 6.41. The molecule has 8 heteroatoms. The summed E-state index contributed by atoms with van der Waals surface area (Å²) in [4.78, 5) is 45.9. The molecule has 4 aromatic rings. The third kappa shape index (κ3) is 7.83. The van der Waals surface area contributed by atoms with Crippen LogP contribution in [0.1, 0.15) is 49.4 Å². The van der Waals surface area contributed by atoms with Crippen LogP contribution in [-0.2, 0) is 40.1 Å². The lowest BCUT2D eigenvalue weighted by Gasteiger charge is -2.33. The number of amides is 3. The highest BCUT2D eigenvalue weighted by Crippen LogP contribution is 2.22. The van der Waals surface area contributed by atoms with Crippen LogP contribution < -0.4 is 10.6 Å². The van der Waals surface area contributed by atoms with Gasteiger partial charge >= 0.3 is 6.09 Å². The summed E-state index contributed by atoms with van der Waals surface area (Å²) in [6.07, 6.45) is 3.21. The second-order valence-electron chi connectivity index (χ2n) is 12.1. The number of hydrogen-bond acceptors (Lipinski definition) is 4. The average molecular weight is 581 g/mol. The Morgan fingerprint density at radius 1 is 0.884 bits per heavy atom. The van der Waals surface area contributed by atoms with E-state index in [1.54, 1.807) is 20.8 Å². The molecule has 1 aliphatic heterocycles. The van der Waals surface area contributed by atoms with Crippen LogP contribution in [0.3, 0.4) is 0 Å². The van der Waals surface area contributed by atoms with E-state index in [9.17, 15) is 14.4 Å². The third-order valence-electron chi connectivity index (χ3n) is 7.73. The first-order valence-electron chi connectivity index (χ1n) is 14.9. The highest BCUT2D eigenvalue weighted by atomic mass is 16.6. The Bertz CT molecular complexity index is 1570. The number of aromatic nitrogens is 1. The van der Waals surface area contributed by atoms with Crippen LogP contribution in [0.5, 0.6) is 0 Å². The lowest BCUT2D eigenvalue weighted by Crippen LogP contribution is -2.56. The molecule has 8 nitrogen and oxygen atoms in total. The topological polar surface area (TPSA) is 104 Å². The predicted octanol–water partition coefficient (Wildman–Crippen LogP) is 5.31. The van der Waals surface area contributed by atoms with Crippen molar-refractivity contribution in [1.82, 2.24) is 20.5 Å². The van der Waals surface area contributed by atoms with E-state index in [4.69, 9.17) is 4.74 Å². The van der Waals surface area contributed by atoms with Crippen LogP contribution >= 0.6 is 0 Å². The number of nitrogens with one attached hydrogen (secondary N) is 3. The van der Waals surface area contributed by atoms with E-state index in [1.165, 1.54) is 5.56 Å². The van der Waals surface area contributed by atoms with Gasteiger partial charge in [0, 0.05) is 36.6 Å². The summed E-state index contributed by atoms with van der Waals surface area (Å²) in [6, 6.07) is 24.2. The standard InChI is InChI=1S/C35H40N4O4/c1-35(2,3)43-34(42)38-31(21-27-22-36-29-16-10-9-15-28(27)29)32(40)37-30(18-17-24-11-5-4-6-12-24)33(41)39-20-19-25-13-7-8-14-26(25)23-39/h4-16,22,30-31,36H,17-21,23H2,1-3H3,(H,37,40)(H,38,42)/t30-,31+/m1/s1. The maximum atomic E-state index is 14.0. The zero-order valence-electron chi connectivity index (χ0n) is 25.1. The highest BCUT2D eigenvalue weighted by molar-refractivity contribution is 5.92. The first-order chi connectivity index (χ1) is 20.7. The lowest BCUT2D eigenvalue weighted by molar-refractivity contribution is -0.137. The maximum absolute atomic E-state index is 14.0. The lowest BCUT2D eigenvalue weighted by atomic mass is 9.98. The second-order valence-corrected chi connectivity index (χ2v) is 12.1. The van der Waals surface area contributed by atoms with Crippen molar-refractivity contribution in [2.75, 3.05) is 6.54 Å². The van der Waals surface area contributed by atoms with Gasteiger partial charge in [-0.05, 0) is 68.4 Å². The van der Waals surface area contributed by atoms with Crippen molar-refractivity contribution in [1.29, 1.82) is 0 Å². The number of fused-ring (bicyclic) bond motifs is 2. The summed E-state index contributed by atoms with van der Waals surface area (Å²) < 4.78 is 5.50. The molecule has 5 rings (SSSR count). The fourth-order valence-corrected chi connectivity index (χ4v) is 5.57. The number of aromatic amines is 1. The zero-order chi connectivity index (χ0) is 30.4. The molecule has 0 aliphatic carbocycles. The first kappa shape index (κ1) is 29.9. The summed E-state index contributed by atoms with van der Waals surface area (Å²) in [5.74, 6) is -0.554. The van der Waals surface area contributed by atoms with Crippen molar-refractivity contribution in [3.63, 3.8) is 0 Å². The van der Waals surface area contributed by atoms with Gasteiger partial charge in [-0.2, -0.15) is 0 Å². The van der Waals surface area contributed by atoms with Gasteiger partial charge in [0.25, 0.3) is 0 Å². The molecule has 0 spiro atoms. The van der Waals surface area contributed by atoms with Gasteiger partial charge in [-0.15, -0.1) is 0 Å². The number of carbonyl (C=O) groups is 3. The minimum atomic E-state index is -0.955. The van der Waals surface area contributed by atoms with Crippen LogP contribution in [0.15, 0.2) is 85.1 Å². The molecule has 0 bridgehead atoms. The van der Waals surface area contributed by atoms with E-state index >= 15 is 0 Å². The van der Waals surface area contributed by atoms with Crippen molar-refractivity contribution in [2.24, 2.45) is 0 Å². The van der Waals surface area contributed by atoms with Gasteiger partial charge in [-0.3, -0.25) is 9.59 Å². The molecule has 3 amide bonds. The predicted molar refractivity (Wildman–Crippen MR) is 167 cm³/mol. The monoisotopic (exact) mass is 580 g/mol. The van der Waals surface area contributed by atoms with Crippen LogP contribution in [0.2, 0.25) is 0 Å². The number of hydrogen-bond donors (Lipinski definition) is 3. The number of para-hydroxylation sites is 1. The van der Waals surface area contributed by atoms with Gasteiger partial charge in [-0.1, -0.05) is 72.8 Å². The van der Waals surface area contributed by atoms with Crippen LogP contribution in [0, 0.1) is 0 Å². The van der Waals surface area contributed by atoms with Gasteiger partial charge in [0.2, 0.25) is 11.8 Å². The fourth-order valence-electron chi connectivity index (χ4n) is 5.57. The number of rotatable bonds is 9. The second kappa shape index (κ2) is 13.2. The van der Waals surface area contributed by atoms with Gasteiger partial charge in [0.1, 0.15) is 17.7 Å². The largest absolute Gasteiger partial charge is 0.444 e. The average Bonchev–Trinajstić information content (AvgIpc) is 3.40. The molecule has 0 saturated heterocycles. The number of benzene rings is 3. The Balaban J connectivity index is 1.38. The summed E-state index contributed by atoms with van der Waals surface area (Å²) in [5, 5.41) is 6.77. The van der Waals surface area contributed by atoms with Crippen molar-refractivity contribution in [2.45, 2.75) is 70.7 Å². The normalized spacial score (nSPS) is 14.4. The van der Waals surface area contributed by atoms with Crippen molar-refractivity contribution < 1.29 is 19.1 Å². The van der Waals surface area contributed by atoms with Crippen LogP contribution in [-0.4, -0.2) is 52.0 Å². The molecule has 43 heavy (non-hydrogen) atoms. The highest BCUT2D eigenvalue weighted by Gasteiger charge is 2.32. The number of nitrogens with zero attached hydrogens (tertiary/aromatic N) is 1. The summed E-state index contributed by atoms with van der Waals surface area (Å²) in [7, 11) is 0. The van der Waals surface area contributed by atoms with Crippen molar-refractivity contribution >= 4 is 28.8 Å². The van der Waals surface area contributed by atoms with E-state index in [2.05, 4.69) is 21.7 Å². The minimum Gasteiger partial charge on any atom is -0.444 e. The van der Waals surface area contributed by atoms with Crippen LogP contribution in [0.4, 0.5) is 4.79 Å². The van der Waals surface area contributed by atoms with Gasteiger partial charge < -0.3 is 25.3 Å². The Hall–Kier alpha value is -4.59. The fraction of sp³-hybridized carbons (Fsp3) is 0.343. The van der Waals surface area contributed by atoms with Gasteiger partial charge in [0.05, 0.1) is 0 Å².